The molecule has 0 saturated carbocycles. The van der Waals surface area contributed by atoms with E-state index < -0.39 is 11.6 Å². The molecular formula is C28H26ClF2N7O2. The molecule has 2 aliphatic rings. The van der Waals surface area contributed by atoms with Gasteiger partial charge in [-0.15, -0.1) is 0 Å². The molecular weight excluding hydrogens is 540 g/mol. The number of aliphatic imine (C=N–C) groups is 1. The lowest BCUT2D eigenvalue weighted by Crippen LogP contribution is -2.50. The zero-order valence-electron chi connectivity index (χ0n) is 22.3. The van der Waals surface area contributed by atoms with Gasteiger partial charge in [-0.25, -0.2) is 18.8 Å². The van der Waals surface area contributed by atoms with Crippen LogP contribution in [0.2, 0.25) is 5.02 Å². The molecule has 4 aromatic rings. The van der Waals surface area contributed by atoms with Crippen LogP contribution in [0.25, 0.3) is 22.8 Å². The Morgan fingerprint density at radius 3 is 2.58 bits per heavy atom. The van der Waals surface area contributed by atoms with Crippen LogP contribution in [-0.2, 0) is 6.54 Å². The molecule has 2 aliphatic heterocycles. The molecule has 0 spiro atoms. The first-order valence-corrected chi connectivity index (χ1v) is 13.4. The summed E-state index contributed by atoms with van der Waals surface area (Å²) in [6.45, 7) is 8.93. The van der Waals surface area contributed by atoms with Crippen LogP contribution in [0.4, 0.5) is 14.6 Å². The number of rotatable bonds is 6. The van der Waals surface area contributed by atoms with Gasteiger partial charge in [-0.3, -0.25) is 14.6 Å². The Labute approximate surface area is 234 Å². The first kappa shape index (κ1) is 26.1. The van der Waals surface area contributed by atoms with Gasteiger partial charge in [-0.05, 0) is 55.7 Å². The Balaban J connectivity index is 1.56. The number of carbonyl (C=O) groups excluding carboxylic acids is 1. The third-order valence-corrected chi connectivity index (χ3v) is 7.46. The van der Waals surface area contributed by atoms with Gasteiger partial charge >= 0.3 is 0 Å². The number of hydrogen-bond acceptors (Lipinski definition) is 7. The van der Waals surface area contributed by atoms with Crippen molar-refractivity contribution in [1.29, 1.82) is 0 Å². The maximum Gasteiger partial charge on any atom is 0.283 e. The average molecular weight is 566 g/mol. The third-order valence-electron chi connectivity index (χ3n) is 7.17. The molecule has 4 heterocycles. The molecule has 9 nitrogen and oxygen atoms in total. The minimum atomic E-state index is -0.539. The Bertz CT molecular complexity index is 1680. The molecule has 0 unspecified atom stereocenters. The summed E-state index contributed by atoms with van der Waals surface area (Å²) in [5, 5.41) is 3.76. The molecule has 1 amide bonds. The topological polar surface area (TPSA) is 92.7 Å². The van der Waals surface area contributed by atoms with Gasteiger partial charge in [0.25, 0.3) is 11.8 Å². The first-order chi connectivity index (χ1) is 19.2. The second-order valence-electron chi connectivity index (χ2n) is 10.2. The Hall–Kier alpha value is -4.12. The normalized spacial score (nSPS) is 16.6. The number of fused-ring (bicyclic) bond motifs is 3. The van der Waals surface area contributed by atoms with Crippen molar-refractivity contribution >= 4 is 29.3 Å². The second kappa shape index (κ2) is 9.81. The van der Waals surface area contributed by atoms with Crippen molar-refractivity contribution in [1.82, 2.24) is 24.6 Å². The van der Waals surface area contributed by atoms with Gasteiger partial charge in [0.15, 0.2) is 11.5 Å². The van der Waals surface area contributed by atoms with Crippen LogP contribution in [0.5, 0.6) is 0 Å². The zero-order valence-corrected chi connectivity index (χ0v) is 23.1. The van der Waals surface area contributed by atoms with Gasteiger partial charge in [0, 0.05) is 12.1 Å². The smallest absolute Gasteiger partial charge is 0.283 e. The SMILES string of the molecule is CCN1C(=O)c2nc(-c3ccc(F)c(-c4nc(C)no4)c3)n(Cc3ccc(F)c(Cl)c3)c2N2C[C@@H](C(C)C)N=C12. The maximum absolute atomic E-state index is 14.9. The van der Waals surface area contributed by atoms with Crippen molar-refractivity contribution in [2.45, 2.75) is 40.3 Å². The molecule has 12 heteroatoms. The lowest BCUT2D eigenvalue weighted by Gasteiger charge is -2.33. The average Bonchev–Trinajstić information content (AvgIpc) is 3.64. The van der Waals surface area contributed by atoms with Crippen LogP contribution in [0, 0.1) is 24.5 Å². The van der Waals surface area contributed by atoms with Crippen LogP contribution in [0.3, 0.4) is 0 Å². The van der Waals surface area contributed by atoms with E-state index in [4.69, 9.17) is 26.1 Å². The van der Waals surface area contributed by atoms with Crippen LogP contribution in [-0.4, -0.2) is 55.6 Å². The van der Waals surface area contributed by atoms with E-state index in [1.165, 1.54) is 12.1 Å². The molecule has 0 saturated heterocycles. The quantitative estimate of drug-likeness (QED) is 0.304. The summed E-state index contributed by atoms with van der Waals surface area (Å²) in [4.78, 5) is 31.3. The summed E-state index contributed by atoms with van der Waals surface area (Å²) < 4.78 is 36.0. The predicted octanol–water partition coefficient (Wildman–Crippen LogP) is 5.56. The Morgan fingerprint density at radius 1 is 1.12 bits per heavy atom. The molecule has 206 valence electrons. The predicted molar refractivity (Wildman–Crippen MR) is 146 cm³/mol. The molecule has 40 heavy (non-hydrogen) atoms. The molecule has 2 aromatic carbocycles. The highest BCUT2D eigenvalue weighted by Crippen LogP contribution is 2.38. The highest BCUT2D eigenvalue weighted by molar-refractivity contribution is 6.30. The van der Waals surface area contributed by atoms with E-state index in [9.17, 15) is 13.6 Å². The van der Waals surface area contributed by atoms with Gasteiger partial charge in [0.1, 0.15) is 23.3 Å². The molecule has 0 aliphatic carbocycles. The number of hydrogen-bond donors (Lipinski definition) is 0. The van der Waals surface area contributed by atoms with Gasteiger partial charge in [-0.1, -0.05) is 36.7 Å². The maximum atomic E-state index is 14.9. The summed E-state index contributed by atoms with van der Waals surface area (Å²) in [5.41, 5.74) is 1.60. The minimum Gasteiger partial charge on any atom is -0.334 e. The minimum absolute atomic E-state index is 0.0135. The second-order valence-corrected chi connectivity index (χ2v) is 10.6. The number of carbonyl (C=O) groups is 1. The molecule has 0 N–H and O–H groups in total. The van der Waals surface area contributed by atoms with E-state index in [0.29, 0.717) is 47.6 Å². The van der Waals surface area contributed by atoms with Gasteiger partial charge in [-0.2, -0.15) is 4.98 Å². The largest absolute Gasteiger partial charge is 0.334 e. The van der Waals surface area contributed by atoms with Gasteiger partial charge in [0.05, 0.1) is 29.7 Å². The molecule has 1 atom stereocenters. The van der Waals surface area contributed by atoms with E-state index in [1.54, 1.807) is 36.1 Å². The van der Waals surface area contributed by atoms with Crippen LogP contribution in [0.15, 0.2) is 45.9 Å². The molecule has 0 bridgehead atoms. The van der Waals surface area contributed by atoms with Crippen molar-refractivity contribution in [3.05, 3.63) is 70.1 Å². The van der Waals surface area contributed by atoms with Gasteiger partial charge < -0.3 is 9.09 Å². The summed E-state index contributed by atoms with van der Waals surface area (Å²) >= 11 is 6.11. The lowest BCUT2D eigenvalue weighted by molar-refractivity contribution is 0.0841. The van der Waals surface area contributed by atoms with Crippen molar-refractivity contribution in [3.8, 4) is 22.8 Å². The zero-order chi connectivity index (χ0) is 28.3. The summed E-state index contributed by atoms with van der Waals surface area (Å²) in [5.74, 6) is 0.880. The van der Waals surface area contributed by atoms with E-state index >= 15 is 0 Å². The van der Waals surface area contributed by atoms with Crippen LogP contribution >= 0.6 is 11.6 Å². The number of anilines is 1. The number of benzene rings is 2. The highest BCUT2D eigenvalue weighted by Gasteiger charge is 2.44. The number of guanidine groups is 1. The van der Waals surface area contributed by atoms with E-state index in [1.807, 2.05) is 16.4 Å². The van der Waals surface area contributed by atoms with Crippen molar-refractivity contribution in [2.24, 2.45) is 10.9 Å². The summed E-state index contributed by atoms with van der Waals surface area (Å²) in [6.07, 6.45) is 0. The number of halogens is 3. The van der Waals surface area contributed by atoms with Gasteiger partial charge in [0.2, 0.25) is 5.96 Å². The van der Waals surface area contributed by atoms with Crippen LogP contribution in [0.1, 0.15) is 42.6 Å². The lowest BCUT2D eigenvalue weighted by atomic mass is 10.1. The van der Waals surface area contributed by atoms with Crippen molar-refractivity contribution in [3.63, 3.8) is 0 Å². The highest BCUT2D eigenvalue weighted by atomic mass is 35.5. The van der Waals surface area contributed by atoms with Crippen molar-refractivity contribution in [2.75, 3.05) is 18.0 Å². The first-order valence-electron chi connectivity index (χ1n) is 13.0. The standard InChI is InChI=1S/C28H26ClF2N7O2/c1-5-36-27(39)23-26(38-13-22(14(2)3)33-28(36)38)37(12-16-6-8-21(31)19(29)10-16)24(34-23)17-7-9-20(30)18(11-17)25-32-15(4)35-40-25/h6-11,14,22H,5,12-13H2,1-4H3/t22-/m0/s1. The Kier molecular flexibility index (Phi) is 6.41. The molecule has 2 aromatic heterocycles. The number of amides is 1. The van der Waals surface area contributed by atoms with Crippen LogP contribution < -0.4 is 4.90 Å². The number of imidazole rings is 1. The number of aryl methyl sites for hydroxylation is 1. The number of nitrogens with zero attached hydrogens (tertiary/aromatic N) is 7. The summed E-state index contributed by atoms with van der Waals surface area (Å²) in [7, 11) is 0. The molecule has 0 radical (unpaired) electrons. The monoisotopic (exact) mass is 565 g/mol. The summed E-state index contributed by atoms with van der Waals surface area (Å²) in [6, 6.07) is 8.92. The van der Waals surface area contributed by atoms with E-state index in [0.717, 1.165) is 0 Å². The fourth-order valence-electron chi connectivity index (χ4n) is 5.07. The fraction of sp³-hybridized carbons (Fsp3) is 0.321. The Morgan fingerprint density at radius 2 is 1.90 bits per heavy atom. The number of aromatic nitrogens is 4. The third kappa shape index (κ3) is 4.25. The molecule has 0 fully saturated rings. The van der Waals surface area contributed by atoms with Crippen molar-refractivity contribution < 1.29 is 18.1 Å². The van der Waals surface area contributed by atoms with E-state index in [-0.39, 0.29) is 46.6 Å². The van der Waals surface area contributed by atoms with E-state index in [2.05, 4.69) is 24.0 Å². The molecule has 6 rings (SSSR count). The fourth-order valence-corrected chi connectivity index (χ4v) is 5.28.